The van der Waals surface area contributed by atoms with Crippen molar-refractivity contribution < 1.29 is 23.8 Å². The first-order valence-electron chi connectivity index (χ1n) is 11.6. The molecule has 1 spiro atoms. The van der Waals surface area contributed by atoms with E-state index in [2.05, 4.69) is 15.0 Å². The van der Waals surface area contributed by atoms with Crippen molar-refractivity contribution in [2.24, 2.45) is 11.3 Å². The summed E-state index contributed by atoms with van der Waals surface area (Å²) in [5.74, 6) is -0.862. The lowest BCUT2D eigenvalue weighted by Crippen LogP contribution is -2.53. The van der Waals surface area contributed by atoms with Gasteiger partial charge < -0.3 is 14.2 Å². The summed E-state index contributed by atoms with van der Waals surface area (Å²) < 4.78 is 20.0. The van der Waals surface area contributed by atoms with E-state index in [0.29, 0.717) is 29.6 Å². The molecule has 0 bridgehead atoms. The number of imidazole rings is 1. The molecule has 3 aromatic rings. The van der Waals surface area contributed by atoms with Gasteiger partial charge in [-0.2, -0.15) is 0 Å². The highest BCUT2D eigenvalue weighted by Crippen LogP contribution is 2.55. The number of nitrogens with zero attached hydrogens (tertiary/aromatic N) is 4. The van der Waals surface area contributed by atoms with Crippen molar-refractivity contribution in [3.63, 3.8) is 0 Å². The molecule has 9 nitrogen and oxygen atoms in total. The number of ether oxygens (including phenoxy) is 3. The molecule has 2 fully saturated rings. The van der Waals surface area contributed by atoms with Gasteiger partial charge in [-0.1, -0.05) is 36.7 Å². The van der Waals surface area contributed by atoms with E-state index in [1.54, 1.807) is 35.2 Å². The van der Waals surface area contributed by atoms with Crippen LogP contribution >= 0.6 is 11.6 Å². The number of carbonyl (C=O) groups excluding carboxylic acids is 2. The third-order valence-corrected chi connectivity index (χ3v) is 7.11. The molecule has 3 atom stereocenters. The third-order valence-electron chi connectivity index (χ3n) is 6.83. The molecule has 184 valence electrons. The molecule has 2 aromatic heterocycles. The van der Waals surface area contributed by atoms with Gasteiger partial charge in [0.15, 0.2) is 23.1 Å². The Morgan fingerprint density at radius 1 is 1.11 bits per heavy atom. The molecule has 0 amide bonds. The summed E-state index contributed by atoms with van der Waals surface area (Å²) in [6.07, 6.45) is 2.36. The Hall–Kier alpha value is -3.04. The summed E-state index contributed by atoms with van der Waals surface area (Å²) >= 11 is 6.20. The number of carbonyl (C=O) groups is 2. The van der Waals surface area contributed by atoms with Crippen molar-refractivity contribution in [1.82, 2.24) is 19.5 Å². The van der Waals surface area contributed by atoms with Gasteiger partial charge in [-0.05, 0) is 32.9 Å². The highest BCUT2D eigenvalue weighted by molar-refractivity contribution is 6.33. The molecule has 1 saturated carbocycles. The number of esters is 2. The molecule has 1 aromatic carbocycles. The molecule has 10 heteroatoms. The second kappa shape index (κ2) is 8.57. The molecule has 1 saturated heterocycles. The summed E-state index contributed by atoms with van der Waals surface area (Å²) in [6.45, 7) is 7.42. The Labute approximate surface area is 207 Å². The Bertz CT molecular complexity index is 1270. The van der Waals surface area contributed by atoms with E-state index in [4.69, 9.17) is 25.8 Å². The topological polar surface area (TPSA) is 105 Å². The number of hydrogen-bond acceptors (Lipinski definition) is 8. The Balaban J connectivity index is 1.40. The molecule has 3 heterocycles. The Kier molecular flexibility index (Phi) is 5.80. The largest absolute Gasteiger partial charge is 0.459 e. The summed E-state index contributed by atoms with van der Waals surface area (Å²) in [5, 5.41) is 0.231. The van der Waals surface area contributed by atoms with Gasteiger partial charge >= 0.3 is 11.9 Å². The predicted octanol–water partition coefficient (Wildman–Crippen LogP) is 4.36. The number of fused-ring (bicyclic) bond motifs is 1. The van der Waals surface area contributed by atoms with Crippen LogP contribution in [-0.2, 0) is 19.0 Å². The maximum atomic E-state index is 12.9. The molecule has 1 aliphatic carbocycles. The van der Waals surface area contributed by atoms with Crippen molar-refractivity contribution in [1.29, 1.82) is 0 Å². The van der Waals surface area contributed by atoms with Crippen LogP contribution in [0.25, 0.3) is 11.2 Å². The second-order valence-corrected chi connectivity index (χ2v) is 10.6. The van der Waals surface area contributed by atoms with Gasteiger partial charge in [-0.15, -0.1) is 0 Å². The molecule has 5 rings (SSSR count). The van der Waals surface area contributed by atoms with Gasteiger partial charge in [0.1, 0.15) is 17.9 Å². The first kappa shape index (κ1) is 23.7. The van der Waals surface area contributed by atoms with Gasteiger partial charge in [-0.3, -0.25) is 9.36 Å². The third kappa shape index (κ3) is 4.16. The van der Waals surface area contributed by atoms with Crippen LogP contribution in [0.2, 0.25) is 5.15 Å². The minimum absolute atomic E-state index is 0.166. The average molecular weight is 499 g/mol. The number of hydrogen-bond donors (Lipinski definition) is 0. The zero-order valence-corrected chi connectivity index (χ0v) is 20.7. The highest BCUT2D eigenvalue weighted by Gasteiger charge is 2.62. The van der Waals surface area contributed by atoms with E-state index >= 15 is 0 Å². The Morgan fingerprint density at radius 3 is 2.51 bits per heavy atom. The van der Waals surface area contributed by atoms with Crippen LogP contribution in [0.15, 0.2) is 43.0 Å². The van der Waals surface area contributed by atoms with Crippen LogP contribution in [0.1, 0.15) is 57.1 Å². The summed E-state index contributed by atoms with van der Waals surface area (Å²) in [6, 6.07) is 8.89. The van der Waals surface area contributed by atoms with Crippen molar-refractivity contribution in [3.05, 3.63) is 53.7 Å². The first-order chi connectivity index (χ1) is 16.6. The zero-order chi connectivity index (χ0) is 25.0. The van der Waals surface area contributed by atoms with Crippen LogP contribution in [0.5, 0.6) is 0 Å². The zero-order valence-electron chi connectivity index (χ0n) is 20.0. The minimum Gasteiger partial charge on any atom is -0.459 e. The average Bonchev–Trinajstić information content (AvgIpc) is 3.34. The van der Waals surface area contributed by atoms with Gasteiger partial charge in [0.25, 0.3) is 0 Å². The van der Waals surface area contributed by atoms with E-state index in [-0.39, 0.29) is 29.1 Å². The van der Waals surface area contributed by atoms with E-state index in [1.165, 1.54) is 6.33 Å². The van der Waals surface area contributed by atoms with Crippen molar-refractivity contribution in [2.45, 2.75) is 64.6 Å². The lowest BCUT2D eigenvalue weighted by molar-refractivity contribution is -0.179. The second-order valence-electron chi connectivity index (χ2n) is 10.3. The normalized spacial score (nSPS) is 28.1. The van der Waals surface area contributed by atoms with Gasteiger partial charge in [0.05, 0.1) is 22.9 Å². The van der Waals surface area contributed by atoms with E-state index in [0.717, 1.165) is 0 Å². The molecular formula is C25H27ClN4O5. The summed E-state index contributed by atoms with van der Waals surface area (Å²) in [5.41, 5.74) is 0.126. The fourth-order valence-corrected chi connectivity index (χ4v) is 4.88. The molecule has 2 aliphatic rings. The van der Waals surface area contributed by atoms with Crippen molar-refractivity contribution >= 4 is 34.7 Å². The monoisotopic (exact) mass is 498 g/mol. The van der Waals surface area contributed by atoms with Gasteiger partial charge in [0, 0.05) is 18.8 Å². The molecule has 35 heavy (non-hydrogen) atoms. The smallest absolute Gasteiger partial charge is 0.338 e. The lowest BCUT2D eigenvalue weighted by atomic mass is 9.69. The molecule has 0 N–H and O–H groups in total. The molecular weight excluding hydrogens is 472 g/mol. The fraction of sp³-hybridized carbons (Fsp3) is 0.480. The van der Waals surface area contributed by atoms with Crippen LogP contribution in [0.4, 0.5) is 0 Å². The quantitative estimate of drug-likeness (QED) is 0.386. The minimum atomic E-state index is -0.685. The number of benzene rings is 1. The van der Waals surface area contributed by atoms with Crippen LogP contribution in [0.3, 0.4) is 0 Å². The van der Waals surface area contributed by atoms with E-state index < -0.39 is 23.3 Å². The molecule has 0 unspecified atom stereocenters. The van der Waals surface area contributed by atoms with Gasteiger partial charge in [-0.25, -0.2) is 19.7 Å². The van der Waals surface area contributed by atoms with Crippen molar-refractivity contribution in [2.75, 3.05) is 0 Å². The first-order valence-corrected chi connectivity index (χ1v) is 11.9. The van der Waals surface area contributed by atoms with Crippen molar-refractivity contribution in [3.8, 4) is 0 Å². The Morgan fingerprint density at radius 2 is 1.83 bits per heavy atom. The predicted molar refractivity (Wildman–Crippen MR) is 127 cm³/mol. The fourth-order valence-electron chi connectivity index (χ4n) is 4.70. The SMILES string of the molecule is C[C@H]1[C@@H](OC(=O)C(C)(C)C)[C@H](n2cnc3c(Cl)ncnc32)OC12CC(OC(=O)c1ccccc1)C2. The molecule has 1 aliphatic heterocycles. The lowest BCUT2D eigenvalue weighted by Gasteiger charge is -2.46. The summed E-state index contributed by atoms with van der Waals surface area (Å²) in [4.78, 5) is 38.0. The molecule has 0 radical (unpaired) electrons. The maximum Gasteiger partial charge on any atom is 0.338 e. The number of rotatable bonds is 4. The number of aromatic nitrogens is 4. The van der Waals surface area contributed by atoms with Crippen LogP contribution in [0, 0.1) is 11.3 Å². The number of halogens is 1. The van der Waals surface area contributed by atoms with E-state index in [1.807, 2.05) is 33.8 Å². The standard InChI is InChI=1S/C25H27ClN4O5/c1-14-18(34-23(32)24(2,3)4)21(30-13-29-17-19(26)27-12-28-20(17)30)35-25(14)10-16(11-25)33-22(31)15-8-6-5-7-9-15/h5-9,12-14,16,18,21H,10-11H2,1-4H3/t14-,16?,18+,21+,25?/m0/s1. The highest BCUT2D eigenvalue weighted by atomic mass is 35.5. The van der Waals surface area contributed by atoms with Gasteiger partial charge in [0.2, 0.25) is 0 Å². The maximum absolute atomic E-state index is 12.9. The van der Waals surface area contributed by atoms with Crippen LogP contribution in [-0.4, -0.2) is 49.3 Å². The van der Waals surface area contributed by atoms with E-state index in [9.17, 15) is 9.59 Å². The summed E-state index contributed by atoms with van der Waals surface area (Å²) in [7, 11) is 0. The van der Waals surface area contributed by atoms with Crippen LogP contribution < -0.4 is 0 Å².